The Morgan fingerprint density at radius 1 is 1.06 bits per heavy atom. The molecule has 0 atom stereocenters. The average molecular weight is 462 g/mol. The summed E-state index contributed by atoms with van der Waals surface area (Å²) in [6.07, 6.45) is 2.04. The predicted octanol–water partition coefficient (Wildman–Crippen LogP) is 5.09. The molecule has 0 saturated carbocycles. The molecule has 1 N–H and O–H groups in total. The molecule has 0 aliphatic heterocycles. The van der Waals surface area contributed by atoms with Gasteiger partial charge in [-0.05, 0) is 55.6 Å². The van der Waals surface area contributed by atoms with Crippen LogP contribution >= 0.6 is 23.5 Å². The second-order valence-corrected chi connectivity index (χ2v) is 8.93. The topological polar surface area (TPSA) is 89.6 Å². The van der Waals surface area contributed by atoms with Crippen molar-refractivity contribution in [3.63, 3.8) is 0 Å². The first-order valence-corrected chi connectivity index (χ1v) is 12.1. The third kappa shape index (κ3) is 3.96. The lowest BCUT2D eigenvalue weighted by Crippen LogP contribution is -2.21. The maximum Gasteiger partial charge on any atom is 0.283 e. The highest BCUT2D eigenvalue weighted by atomic mass is 32.2. The van der Waals surface area contributed by atoms with Crippen LogP contribution in [0.3, 0.4) is 0 Å². The molecule has 0 amide bonds. The number of nitrogens with zero attached hydrogens (tertiary/aromatic N) is 4. The van der Waals surface area contributed by atoms with Crippen LogP contribution in [-0.2, 0) is 5.75 Å². The number of aromatic amines is 1. The Morgan fingerprint density at radius 3 is 2.59 bits per heavy atom. The number of aromatic nitrogens is 5. The standard InChI is InChI=1S/C23H19N5O2S2/c1-14-12-18-20(24-14)22(29)28(16-6-4-3-5-7-16)23(25-18)32-13-19-26-21(27-30-19)15-8-10-17(31-2)11-9-15/h3-12,24H,13H2,1-2H3. The molecule has 0 saturated heterocycles. The molecule has 0 bridgehead atoms. The number of benzene rings is 2. The van der Waals surface area contributed by atoms with Gasteiger partial charge in [0.05, 0.1) is 17.0 Å². The highest BCUT2D eigenvalue weighted by molar-refractivity contribution is 7.98. The van der Waals surface area contributed by atoms with Crippen molar-refractivity contribution in [1.82, 2.24) is 24.7 Å². The molecule has 9 heteroatoms. The first kappa shape index (κ1) is 20.6. The van der Waals surface area contributed by atoms with Gasteiger partial charge < -0.3 is 9.51 Å². The van der Waals surface area contributed by atoms with Crippen molar-refractivity contribution in [2.75, 3.05) is 6.26 Å². The SMILES string of the molecule is CSc1ccc(-c2noc(CSc3nc4cc(C)[nH]c4c(=O)n3-c3ccccc3)n2)cc1. The summed E-state index contributed by atoms with van der Waals surface area (Å²) in [4.78, 5) is 26.8. The zero-order valence-corrected chi connectivity index (χ0v) is 19.0. The van der Waals surface area contributed by atoms with Gasteiger partial charge in [0.25, 0.3) is 5.56 Å². The third-order valence-corrected chi connectivity index (χ3v) is 6.58. The molecule has 0 fully saturated rings. The Bertz CT molecular complexity index is 1440. The first-order chi connectivity index (χ1) is 15.6. The van der Waals surface area contributed by atoms with Gasteiger partial charge in [0.1, 0.15) is 5.52 Å². The van der Waals surface area contributed by atoms with Crippen LogP contribution in [0.4, 0.5) is 0 Å². The van der Waals surface area contributed by atoms with Crippen molar-refractivity contribution in [3.05, 3.63) is 82.6 Å². The number of thioether (sulfide) groups is 2. The molecule has 3 aromatic heterocycles. The lowest BCUT2D eigenvalue weighted by Gasteiger charge is -2.11. The van der Waals surface area contributed by atoms with Gasteiger partial charge in [-0.1, -0.05) is 35.1 Å². The first-order valence-electron chi connectivity index (χ1n) is 9.90. The second kappa shape index (κ2) is 8.68. The minimum absolute atomic E-state index is 0.142. The summed E-state index contributed by atoms with van der Waals surface area (Å²) < 4.78 is 7.07. The number of aryl methyl sites for hydroxylation is 1. The molecule has 3 heterocycles. The van der Waals surface area contributed by atoms with Crippen molar-refractivity contribution in [2.24, 2.45) is 0 Å². The second-order valence-electron chi connectivity index (χ2n) is 7.11. The van der Waals surface area contributed by atoms with E-state index in [0.29, 0.717) is 33.7 Å². The number of para-hydroxylation sites is 1. The predicted molar refractivity (Wildman–Crippen MR) is 128 cm³/mol. The molecule has 160 valence electrons. The Labute approximate surface area is 192 Å². The number of nitrogens with one attached hydrogen (secondary N) is 1. The molecule has 0 unspecified atom stereocenters. The summed E-state index contributed by atoms with van der Waals surface area (Å²) in [5.41, 5.74) is 3.53. The minimum Gasteiger partial charge on any atom is -0.353 e. The molecule has 5 aromatic rings. The zero-order chi connectivity index (χ0) is 22.1. The van der Waals surface area contributed by atoms with Gasteiger partial charge in [0.2, 0.25) is 11.7 Å². The molecule has 5 rings (SSSR count). The van der Waals surface area contributed by atoms with Crippen LogP contribution in [0, 0.1) is 6.92 Å². The molecular formula is C23H19N5O2S2. The van der Waals surface area contributed by atoms with Crippen LogP contribution in [-0.4, -0.2) is 30.9 Å². The van der Waals surface area contributed by atoms with Crippen LogP contribution in [0.5, 0.6) is 0 Å². The number of H-pyrrole nitrogens is 1. The van der Waals surface area contributed by atoms with Crippen LogP contribution in [0.15, 0.2) is 80.0 Å². The maximum atomic E-state index is 13.2. The molecular weight excluding hydrogens is 442 g/mol. The number of fused-ring (bicyclic) bond motifs is 1. The van der Waals surface area contributed by atoms with Crippen LogP contribution in [0.1, 0.15) is 11.6 Å². The smallest absolute Gasteiger partial charge is 0.283 e. The zero-order valence-electron chi connectivity index (χ0n) is 17.4. The van der Waals surface area contributed by atoms with Gasteiger partial charge in [-0.25, -0.2) is 4.98 Å². The number of rotatable bonds is 6. The van der Waals surface area contributed by atoms with Gasteiger partial charge >= 0.3 is 0 Å². The summed E-state index contributed by atoms with van der Waals surface area (Å²) >= 11 is 3.07. The maximum absolute atomic E-state index is 13.2. The number of hydrogen-bond acceptors (Lipinski definition) is 7. The van der Waals surface area contributed by atoms with Gasteiger partial charge in [-0.3, -0.25) is 9.36 Å². The van der Waals surface area contributed by atoms with Crippen molar-refractivity contribution in [2.45, 2.75) is 22.7 Å². The highest BCUT2D eigenvalue weighted by Gasteiger charge is 2.17. The largest absolute Gasteiger partial charge is 0.353 e. The Balaban J connectivity index is 1.46. The molecule has 2 aromatic carbocycles. The number of hydrogen-bond donors (Lipinski definition) is 1. The fourth-order valence-corrected chi connectivity index (χ4v) is 4.63. The summed E-state index contributed by atoms with van der Waals surface area (Å²) in [5.74, 6) is 1.40. The fraction of sp³-hybridized carbons (Fsp3) is 0.130. The van der Waals surface area contributed by atoms with E-state index in [1.54, 1.807) is 16.3 Å². The van der Waals surface area contributed by atoms with E-state index in [2.05, 4.69) is 15.1 Å². The van der Waals surface area contributed by atoms with E-state index >= 15 is 0 Å². The molecule has 7 nitrogen and oxygen atoms in total. The van der Waals surface area contributed by atoms with Crippen molar-refractivity contribution >= 4 is 34.6 Å². The van der Waals surface area contributed by atoms with E-state index in [4.69, 9.17) is 9.51 Å². The van der Waals surface area contributed by atoms with E-state index in [0.717, 1.165) is 16.9 Å². The van der Waals surface area contributed by atoms with E-state index in [1.807, 2.05) is 73.8 Å². The minimum atomic E-state index is -0.142. The summed E-state index contributed by atoms with van der Waals surface area (Å²) in [6, 6.07) is 19.4. The lowest BCUT2D eigenvalue weighted by atomic mass is 10.2. The van der Waals surface area contributed by atoms with E-state index < -0.39 is 0 Å². The monoisotopic (exact) mass is 461 g/mol. The van der Waals surface area contributed by atoms with Crippen LogP contribution < -0.4 is 5.56 Å². The molecule has 0 radical (unpaired) electrons. The van der Waals surface area contributed by atoms with E-state index in [-0.39, 0.29) is 5.56 Å². The third-order valence-electron chi connectivity index (χ3n) is 4.91. The van der Waals surface area contributed by atoms with Crippen molar-refractivity contribution < 1.29 is 4.52 Å². The van der Waals surface area contributed by atoms with Gasteiger partial charge in [-0.2, -0.15) is 4.98 Å². The lowest BCUT2D eigenvalue weighted by molar-refractivity contribution is 0.391. The molecule has 0 aliphatic carbocycles. The summed E-state index contributed by atoms with van der Waals surface area (Å²) in [5, 5.41) is 4.67. The Hall–Kier alpha value is -3.30. The van der Waals surface area contributed by atoms with Gasteiger partial charge in [0.15, 0.2) is 5.16 Å². The normalized spacial score (nSPS) is 11.3. The Kier molecular flexibility index (Phi) is 5.59. The fourth-order valence-electron chi connectivity index (χ4n) is 3.38. The molecule has 32 heavy (non-hydrogen) atoms. The van der Waals surface area contributed by atoms with Crippen LogP contribution in [0.2, 0.25) is 0 Å². The summed E-state index contributed by atoms with van der Waals surface area (Å²) in [7, 11) is 0. The van der Waals surface area contributed by atoms with Crippen LogP contribution in [0.25, 0.3) is 28.1 Å². The Morgan fingerprint density at radius 2 is 1.84 bits per heavy atom. The highest BCUT2D eigenvalue weighted by Crippen LogP contribution is 2.26. The summed E-state index contributed by atoms with van der Waals surface area (Å²) in [6.45, 7) is 1.91. The van der Waals surface area contributed by atoms with E-state index in [9.17, 15) is 4.79 Å². The molecule has 0 spiro atoms. The van der Waals surface area contributed by atoms with Gasteiger partial charge in [-0.15, -0.1) is 11.8 Å². The van der Waals surface area contributed by atoms with Crippen molar-refractivity contribution in [1.29, 1.82) is 0 Å². The average Bonchev–Trinajstić information content (AvgIpc) is 3.45. The van der Waals surface area contributed by atoms with Crippen molar-refractivity contribution in [3.8, 4) is 17.1 Å². The van der Waals surface area contributed by atoms with Gasteiger partial charge in [0, 0.05) is 16.2 Å². The quantitative estimate of drug-likeness (QED) is 0.278. The van der Waals surface area contributed by atoms with E-state index in [1.165, 1.54) is 16.7 Å². The molecule has 0 aliphatic rings.